The molecule has 0 fully saturated rings. The topological polar surface area (TPSA) is 91.8 Å². The molecule has 1 N–H and O–H groups in total. The molecule has 6 nitrogen and oxygen atoms in total. The molecule has 1 unspecified atom stereocenters. The molecule has 1 aromatic carbocycles. The largest absolute Gasteiger partial charge is 0.481 e. The molecule has 1 aliphatic heterocycles. The van der Waals surface area contributed by atoms with Gasteiger partial charge in [-0.05, 0) is 31.0 Å². The monoisotopic (exact) mass is 389 g/mol. The Morgan fingerprint density at radius 1 is 1.41 bits per heavy atom. The lowest BCUT2D eigenvalue weighted by Crippen LogP contribution is -2.34. The SMILES string of the molecule is CC(=O)N1c2c(cc(Br)cc2S(=O)(=O)CCC(=O)O)CC1C. The maximum Gasteiger partial charge on any atom is 0.304 e. The van der Waals surface area contributed by atoms with Crippen molar-refractivity contribution in [3.63, 3.8) is 0 Å². The number of benzene rings is 1. The van der Waals surface area contributed by atoms with Gasteiger partial charge in [-0.15, -0.1) is 0 Å². The van der Waals surface area contributed by atoms with E-state index < -0.39 is 28.0 Å². The van der Waals surface area contributed by atoms with E-state index in [-0.39, 0.29) is 16.8 Å². The quantitative estimate of drug-likeness (QED) is 0.849. The maximum absolute atomic E-state index is 12.5. The van der Waals surface area contributed by atoms with Gasteiger partial charge in [0.1, 0.15) is 0 Å². The van der Waals surface area contributed by atoms with Crippen molar-refractivity contribution in [3.8, 4) is 0 Å². The first-order valence-corrected chi connectivity index (χ1v) is 9.15. The van der Waals surface area contributed by atoms with Gasteiger partial charge in [-0.2, -0.15) is 0 Å². The van der Waals surface area contributed by atoms with Crippen molar-refractivity contribution >= 4 is 43.3 Å². The lowest BCUT2D eigenvalue weighted by molar-refractivity contribution is -0.136. The molecule has 8 heteroatoms. The van der Waals surface area contributed by atoms with Crippen LogP contribution in [-0.4, -0.2) is 37.2 Å². The molecule has 0 radical (unpaired) electrons. The van der Waals surface area contributed by atoms with Crippen LogP contribution in [0.25, 0.3) is 0 Å². The standard InChI is InChI=1S/C14H16BrNO5S/c1-8-5-10-6-11(15)7-12(14(10)16(8)9(2)17)22(20,21)4-3-13(18)19/h6-8H,3-5H2,1-2H3,(H,18,19). The molecule has 1 atom stereocenters. The van der Waals surface area contributed by atoms with Gasteiger partial charge in [-0.25, -0.2) is 8.42 Å². The molecule has 1 heterocycles. The molecule has 1 amide bonds. The van der Waals surface area contributed by atoms with E-state index in [0.29, 0.717) is 16.6 Å². The number of aliphatic carboxylic acids is 1. The van der Waals surface area contributed by atoms with E-state index in [4.69, 9.17) is 5.11 Å². The average Bonchev–Trinajstić information content (AvgIpc) is 2.71. The Balaban J connectivity index is 2.59. The van der Waals surface area contributed by atoms with Crippen LogP contribution < -0.4 is 4.90 Å². The second-order valence-electron chi connectivity index (χ2n) is 5.32. The highest BCUT2D eigenvalue weighted by Crippen LogP contribution is 2.40. The Kier molecular flexibility index (Phi) is 4.62. The summed E-state index contributed by atoms with van der Waals surface area (Å²) in [4.78, 5) is 24.0. The van der Waals surface area contributed by atoms with Gasteiger partial charge >= 0.3 is 5.97 Å². The number of carbonyl (C=O) groups excluding carboxylic acids is 1. The summed E-state index contributed by atoms with van der Waals surface area (Å²) in [5.74, 6) is -1.90. The van der Waals surface area contributed by atoms with Gasteiger partial charge in [-0.1, -0.05) is 15.9 Å². The number of sulfone groups is 1. The number of halogens is 1. The number of hydrogen-bond donors (Lipinski definition) is 1. The summed E-state index contributed by atoms with van der Waals surface area (Å²) in [5, 5.41) is 8.72. The van der Waals surface area contributed by atoms with Gasteiger partial charge in [0, 0.05) is 17.4 Å². The zero-order chi connectivity index (χ0) is 16.7. The van der Waals surface area contributed by atoms with Crippen LogP contribution in [0.4, 0.5) is 5.69 Å². The summed E-state index contributed by atoms with van der Waals surface area (Å²) in [5.41, 5.74) is 1.15. The third kappa shape index (κ3) is 3.17. The summed E-state index contributed by atoms with van der Waals surface area (Å²) < 4.78 is 25.6. The highest BCUT2D eigenvalue weighted by molar-refractivity contribution is 9.10. The fourth-order valence-electron chi connectivity index (χ4n) is 2.72. The van der Waals surface area contributed by atoms with Crippen LogP contribution in [0.1, 0.15) is 25.8 Å². The molecule has 0 spiro atoms. The Labute approximate surface area is 137 Å². The molecular formula is C14H16BrNO5S. The smallest absolute Gasteiger partial charge is 0.304 e. The van der Waals surface area contributed by atoms with Gasteiger partial charge in [0.2, 0.25) is 5.91 Å². The molecule has 0 saturated carbocycles. The Morgan fingerprint density at radius 3 is 2.59 bits per heavy atom. The first-order valence-electron chi connectivity index (χ1n) is 6.70. The van der Waals surface area contributed by atoms with Crippen molar-refractivity contribution in [3.05, 3.63) is 22.2 Å². The third-order valence-electron chi connectivity index (χ3n) is 3.57. The maximum atomic E-state index is 12.5. The van der Waals surface area contributed by atoms with Crippen molar-refractivity contribution in [2.75, 3.05) is 10.7 Å². The Morgan fingerprint density at radius 2 is 2.05 bits per heavy atom. The van der Waals surface area contributed by atoms with Gasteiger partial charge in [0.05, 0.1) is 22.8 Å². The van der Waals surface area contributed by atoms with Crippen LogP contribution >= 0.6 is 15.9 Å². The van der Waals surface area contributed by atoms with E-state index in [9.17, 15) is 18.0 Å². The molecule has 0 bridgehead atoms. The predicted octanol–water partition coefficient (Wildman–Crippen LogP) is 2.00. The zero-order valence-electron chi connectivity index (χ0n) is 12.2. The lowest BCUT2D eigenvalue weighted by Gasteiger charge is -2.23. The second kappa shape index (κ2) is 6.00. The number of fused-ring (bicyclic) bond motifs is 1. The normalized spacial score (nSPS) is 17.4. The van der Waals surface area contributed by atoms with Crippen molar-refractivity contribution in [1.82, 2.24) is 0 Å². The van der Waals surface area contributed by atoms with Crippen molar-refractivity contribution in [2.45, 2.75) is 37.6 Å². The summed E-state index contributed by atoms with van der Waals surface area (Å²) in [7, 11) is -3.80. The highest BCUT2D eigenvalue weighted by atomic mass is 79.9. The minimum absolute atomic E-state index is 0.0117. The number of nitrogens with zero attached hydrogens (tertiary/aromatic N) is 1. The third-order valence-corrected chi connectivity index (χ3v) is 5.76. The van der Waals surface area contributed by atoms with E-state index in [1.807, 2.05) is 6.92 Å². The molecule has 2 rings (SSSR count). The number of rotatable bonds is 4. The van der Waals surface area contributed by atoms with Crippen molar-refractivity contribution < 1.29 is 23.1 Å². The summed E-state index contributed by atoms with van der Waals surface area (Å²) in [6.45, 7) is 3.24. The zero-order valence-corrected chi connectivity index (χ0v) is 14.6. The van der Waals surface area contributed by atoms with Crippen LogP contribution in [-0.2, 0) is 25.8 Å². The Hall–Kier alpha value is -1.41. The predicted molar refractivity (Wildman–Crippen MR) is 84.8 cm³/mol. The van der Waals surface area contributed by atoms with E-state index in [0.717, 1.165) is 5.56 Å². The first-order chi connectivity index (χ1) is 10.1. The molecule has 1 aliphatic rings. The molecule has 22 heavy (non-hydrogen) atoms. The molecule has 0 aliphatic carbocycles. The lowest BCUT2D eigenvalue weighted by atomic mass is 10.1. The minimum atomic E-state index is -3.80. The summed E-state index contributed by atoms with van der Waals surface area (Å²) in [6, 6.07) is 3.10. The molecule has 0 aromatic heterocycles. The van der Waals surface area contributed by atoms with Crippen LogP contribution in [0.2, 0.25) is 0 Å². The Bertz CT molecular complexity index is 744. The van der Waals surface area contributed by atoms with Crippen LogP contribution in [0.5, 0.6) is 0 Å². The average molecular weight is 390 g/mol. The van der Waals surface area contributed by atoms with Crippen LogP contribution in [0.3, 0.4) is 0 Å². The van der Waals surface area contributed by atoms with Crippen molar-refractivity contribution in [1.29, 1.82) is 0 Å². The summed E-state index contributed by atoms with van der Waals surface area (Å²) >= 11 is 3.28. The van der Waals surface area contributed by atoms with Gasteiger partial charge in [-0.3, -0.25) is 9.59 Å². The number of carboxylic acid groups (broad SMARTS) is 1. The first kappa shape index (κ1) is 17.0. The van der Waals surface area contributed by atoms with Crippen LogP contribution in [0.15, 0.2) is 21.5 Å². The number of carboxylic acids is 1. The van der Waals surface area contributed by atoms with E-state index in [1.165, 1.54) is 17.9 Å². The molecule has 1 aromatic rings. The second-order valence-corrected chi connectivity index (χ2v) is 8.31. The van der Waals surface area contributed by atoms with Crippen molar-refractivity contribution in [2.24, 2.45) is 0 Å². The van der Waals surface area contributed by atoms with E-state index in [2.05, 4.69) is 15.9 Å². The molecule has 120 valence electrons. The molecule has 0 saturated heterocycles. The van der Waals surface area contributed by atoms with E-state index >= 15 is 0 Å². The highest BCUT2D eigenvalue weighted by Gasteiger charge is 2.35. The number of carbonyl (C=O) groups is 2. The summed E-state index contributed by atoms with van der Waals surface area (Å²) in [6.07, 6.45) is 0.0923. The fraction of sp³-hybridized carbons (Fsp3) is 0.429. The van der Waals surface area contributed by atoms with Gasteiger partial charge < -0.3 is 10.0 Å². The fourth-order valence-corrected chi connectivity index (χ4v) is 4.87. The number of amides is 1. The van der Waals surface area contributed by atoms with Crippen LogP contribution in [0, 0.1) is 0 Å². The number of anilines is 1. The van der Waals surface area contributed by atoms with Gasteiger partial charge in [0.15, 0.2) is 9.84 Å². The van der Waals surface area contributed by atoms with Gasteiger partial charge in [0.25, 0.3) is 0 Å². The number of hydrogen-bond acceptors (Lipinski definition) is 4. The molecular weight excluding hydrogens is 374 g/mol. The van der Waals surface area contributed by atoms with E-state index in [1.54, 1.807) is 6.07 Å². The minimum Gasteiger partial charge on any atom is -0.481 e.